The van der Waals surface area contributed by atoms with Gasteiger partial charge in [0, 0.05) is 5.56 Å². The van der Waals surface area contributed by atoms with Crippen molar-refractivity contribution < 1.29 is 9.15 Å². The summed E-state index contributed by atoms with van der Waals surface area (Å²) < 4.78 is 10.8. The van der Waals surface area contributed by atoms with Gasteiger partial charge >= 0.3 is 0 Å². The summed E-state index contributed by atoms with van der Waals surface area (Å²) in [6.07, 6.45) is 0. The van der Waals surface area contributed by atoms with Crippen molar-refractivity contribution in [1.29, 1.82) is 0 Å². The van der Waals surface area contributed by atoms with Crippen molar-refractivity contribution in [3.05, 3.63) is 51.4 Å². The van der Waals surface area contributed by atoms with Gasteiger partial charge in [-0.2, -0.15) is 0 Å². The van der Waals surface area contributed by atoms with E-state index in [0.717, 1.165) is 28.2 Å². The van der Waals surface area contributed by atoms with Crippen LogP contribution in [0.1, 0.15) is 33.6 Å². The van der Waals surface area contributed by atoms with Crippen LogP contribution in [-0.4, -0.2) is 7.11 Å². The maximum Gasteiger partial charge on any atom is 0.137 e. The van der Waals surface area contributed by atoms with Gasteiger partial charge in [-0.15, -0.1) is 11.6 Å². The molecule has 102 valence electrons. The lowest BCUT2D eigenvalue weighted by Crippen LogP contribution is -1.97. The first kappa shape index (κ1) is 14.3. The van der Waals surface area contributed by atoms with Crippen molar-refractivity contribution in [1.82, 2.24) is 0 Å². The van der Waals surface area contributed by atoms with Crippen LogP contribution < -0.4 is 4.74 Å². The summed E-state index contributed by atoms with van der Waals surface area (Å²) >= 11 is 12.7. The lowest BCUT2D eigenvalue weighted by atomic mass is 10.0. The molecule has 0 aliphatic heterocycles. The van der Waals surface area contributed by atoms with Gasteiger partial charge in [-0.25, -0.2) is 0 Å². The van der Waals surface area contributed by atoms with Crippen molar-refractivity contribution >= 4 is 23.2 Å². The predicted octanol–water partition coefficient (Wildman–Crippen LogP) is 5.20. The molecule has 4 heteroatoms. The van der Waals surface area contributed by atoms with Crippen LogP contribution in [0.3, 0.4) is 0 Å². The number of hydrogen-bond acceptors (Lipinski definition) is 2. The molecule has 0 radical (unpaired) electrons. The molecule has 0 saturated heterocycles. The van der Waals surface area contributed by atoms with Gasteiger partial charge in [0.2, 0.25) is 0 Å². The van der Waals surface area contributed by atoms with E-state index < -0.39 is 0 Å². The van der Waals surface area contributed by atoms with Gasteiger partial charge in [0.25, 0.3) is 0 Å². The highest BCUT2D eigenvalue weighted by Gasteiger charge is 2.21. The largest absolute Gasteiger partial charge is 0.495 e. The fourth-order valence-electron chi connectivity index (χ4n) is 2.19. The number of hydrogen-bond donors (Lipinski definition) is 0. The normalized spacial score (nSPS) is 12.5. The Morgan fingerprint density at radius 3 is 2.32 bits per heavy atom. The maximum absolute atomic E-state index is 6.56. The van der Waals surface area contributed by atoms with E-state index in [0.29, 0.717) is 10.8 Å². The molecule has 0 aliphatic carbocycles. The third-order valence-electron chi connectivity index (χ3n) is 3.34. The molecule has 0 spiro atoms. The smallest absolute Gasteiger partial charge is 0.137 e. The molecule has 1 atom stereocenters. The Bertz CT molecular complexity index is 602. The zero-order valence-corrected chi connectivity index (χ0v) is 12.9. The van der Waals surface area contributed by atoms with E-state index in [-0.39, 0.29) is 5.38 Å². The lowest BCUT2D eigenvalue weighted by molar-refractivity contribution is 0.415. The van der Waals surface area contributed by atoms with E-state index >= 15 is 0 Å². The fraction of sp³-hybridized carbons (Fsp3) is 0.333. The summed E-state index contributed by atoms with van der Waals surface area (Å²) in [5.41, 5.74) is 3.03. The third-order valence-corrected chi connectivity index (χ3v) is 4.11. The minimum atomic E-state index is -0.277. The molecule has 19 heavy (non-hydrogen) atoms. The molecule has 1 unspecified atom stereocenters. The Hall–Kier alpha value is -1.12. The van der Waals surface area contributed by atoms with Gasteiger partial charge in [0.1, 0.15) is 17.3 Å². The van der Waals surface area contributed by atoms with E-state index in [1.807, 2.05) is 39.0 Å². The Balaban J connectivity index is 2.44. The van der Waals surface area contributed by atoms with E-state index in [9.17, 15) is 0 Å². The third kappa shape index (κ3) is 2.60. The number of alkyl halides is 1. The molecular weight excluding hydrogens is 283 g/mol. The van der Waals surface area contributed by atoms with Crippen molar-refractivity contribution in [2.45, 2.75) is 26.1 Å². The van der Waals surface area contributed by atoms with Crippen LogP contribution in [0.15, 0.2) is 22.6 Å². The van der Waals surface area contributed by atoms with Crippen LogP contribution in [-0.2, 0) is 0 Å². The Morgan fingerprint density at radius 1 is 1.16 bits per heavy atom. The van der Waals surface area contributed by atoms with E-state index in [1.54, 1.807) is 7.11 Å². The van der Waals surface area contributed by atoms with E-state index in [4.69, 9.17) is 32.4 Å². The van der Waals surface area contributed by atoms with Gasteiger partial charge in [0.05, 0.1) is 17.5 Å². The summed E-state index contributed by atoms with van der Waals surface area (Å²) in [6, 6.07) is 5.58. The minimum Gasteiger partial charge on any atom is -0.495 e. The molecule has 0 fully saturated rings. The highest BCUT2D eigenvalue weighted by molar-refractivity contribution is 6.32. The van der Waals surface area contributed by atoms with Gasteiger partial charge in [-0.05, 0) is 44.0 Å². The first-order valence-corrected chi connectivity index (χ1v) is 6.81. The number of halogens is 2. The van der Waals surface area contributed by atoms with Gasteiger partial charge in [0.15, 0.2) is 0 Å². The maximum atomic E-state index is 6.56. The fourth-order valence-corrected chi connectivity index (χ4v) is 2.91. The summed E-state index contributed by atoms with van der Waals surface area (Å²) in [6.45, 7) is 5.88. The zero-order valence-electron chi connectivity index (χ0n) is 11.4. The second-order valence-electron chi connectivity index (χ2n) is 4.51. The first-order valence-electron chi connectivity index (χ1n) is 5.99. The topological polar surface area (TPSA) is 22.4 Å². The SMILES string of the molecule is COc1ccc(C(Cl)c2c(C)oc(C)c2C)cc1Cl. The number of methoxy groups -OCH3 is 1. The minimum absolute atomic E-state index is 0.277. The molecule has 0 amide bonds. The van der Waals surface area contributed by atoms with Crippen LogP contribution in [0.2, 0.25) is 5.02 Å². The van der Waals surface area contributed by atoms with Crippen LogP contribution in [0, 0.1) is 20.8 Å². The molecule has 1 aromatic heterocycles. The van der Waals surface area contributed by atoms with E-state index in [1.165, 1.54) is 0 Å². The molecule has 2 nitrogen and oxygen atoms in total. The number of benzene rings is 1. The monoisotopic (exact) mass is 298 g/mol. The highest BCUT2D eigenvalue weighted by atomic mass is 35.5. The number of rotatable bonds is 3. The van der Waals surface area contributed by atoms with Crippen molar-refractivity contribution in [2.24, 2.45) is 0 Å². The molecule has 2 rings (SSSR count). The Morgan fingerprint density at radius 2 is 1.84 bits per heavy atom. The standard InChI is InChI=1S/C15H16Cl2O2/c1-8-9(2)19-10(3)14(8)15(17)11-5-6-13(18-4)12(16)7-11/h5-7,15H,1-4H3. The number of furan rings is 1. The zero-order chi connectivity index (χ0) is 14.2. The molecule has 0 saturated carbocycles. The van der Waals surface area contributed by atoms with Crippen LogP contribution in [0.5, 0.6) is 5.75 Å². The average Bonchev–Trinajstić information content (AvgIpc) is 2.62. The molecule has 2 aromatic rings. The van der Waals surface area contributed by atoms with Crippen LogP contribution in [0.4, 0.5) is 0 Å². The second kappa shape index (κ2) is 5.48. The lowest BCUT2D eigenvalue weighted by Gasteiger charge is -2.12. The Kier molecular flexibility index (Phi) is 4.12. The Labute approximate surface area is 123 Å². The van der Waals surface area contributed by atoms with Crippen LogP contribution in [0.25, 0.3) is 0 Å². The van der Waals surface area contributed by atoms with Crippen molar-refractivity contribution in [2.75, 3.05) is 7.11 Å². The summed E-state index contributed by atoms with van der Waals surface area (Å²) in [5.74, 6) is 2.39. The van der Waals surface area contributed by atoms with Gasteiger partial charge in [-0.3, -0.25) is 0 Å². The molecule has 1 aromatic carbocycles. The predicted molar refractivity (Wildman–Crippen MR) is 78.6 cm³/mol. The van der Waals surface area contributed by atoms with E-state index in [2.05, 4.69) is 0 Å². The summed E-state index contributed by atoms with van der Waals surface area (Å²) in [5, 5.41) is 0.280. The molecule has 0 N–H and O–H groups in total. The summed E-state index contributed by atoms with van der Waals surface area (Å²) in [4.78, 5) is 0. The van der Waals surface area contributed by atoms with Crippen molar-refractivity contribution in [3.63, 3.8) is 0 Å². The summed E-state index contributed by atoms with van der Waals surface area (Å²) in [7, 11) is 1.59. The number of aryl methyl sites for hydroxylation is 2. The highest BCUT2D eigenvalue weighted by Crippen LogP contribution is 2.38. The molecule has 1 heterocycles. The van der Waals surface area contributed by atoms with Gasteiger partial charge in [-0.1, -0.05) is 17.7 Å². The average molecular weight is 299 g/mol. The molecule has 0 aliphatic rings. The quantitative estimate of drug-likeness (QED) is 0.727. The van der Waals surface area contributed by atoms with Crippen molar-refractivity contribution in [3.8, 4) is 5.75 Å². The van der Waals surface area contributed by atoms with Crippen LogP contribution >= 0.6 is 23.2 Å². The van der Waals surface area contributed by atoms with Gasteiger partial charge < -0.3 is 9.15 Å². The molecule has 0 bridgehead atoms. The second-order valence-corrected chi connectivity index (χ2v) is 5.35. The first-order chi connectivity index (χ1) is 8.95. The number of ether oxygens (including phenoxy) is 1. The molecular formula is C15H16Cl2O2.